The molecule has 2 rings (SSSR count). The molecule has 0 amide bonds. The van der Waals surface area contributed by atoms with Gasteiger partial charge in [-0.05, 0) is 49.6 Å². The summed E-state index contributed by atoms with van der Waals surface area (Å²) < 4.78 is 5.98. The zero-order valence-electron chi connectivity index (χ0n) is 13.8. The Balaban J connectivity index is 1.79. The maximum Gasteiger partial charge on any atom is 0.233 e. The van der Waals surface area contributed by atoms with Crippen molar-refractivity contribution in [1.29, 1.82) is 0 Å². The summed E-state index contributed by atoms with van der Waals surface area (Å²) in [5.74, 6) is 2.85. The molecular formula is C17H29N3O. The number of nitrogens with one attached hydrogen (secondary N) is 1. The van der Waals surface area contributed by atoms with Gasteiger partial charge in [0.2, 0.25) is 5.88 Å². The third-order valence-corrected chi connectivity index (χ3v) is 4.39. The molecule has 1 N–H and O–H groups in total. The van der Waals surface area contributed by atoms with Gasteiger partial charge >= 0.3 is 0 Å². The van der Waals surface area contributed by atoms with Crippen molar-refractivity contribution in [2.45, 2.75) is 59.6 Å². The summed E-state index contributed by atoms with van der Waals surface area (Å²) in [4.78, 5) is 0. The van der Waals surface area contributed by atoms with Crippen LogP contribution in [0.3, 0.4) is 0 Å². The number of aromatic nitrogens is 2. The lowest BCUT2D eigenvalue weighted by atomic mass is 9.80. The summed E-state index contributed by atoms with van der Waals surface area (Å²) in [6, 6.07) is 3.95. The van der Waals surface area contributed by atoms with E-state index in [2.05, 4.69) is 43.2 Å². The number of hydrogen-bond donors (Lipinski definition) is 1. The van der Waals surface area contributed by atoms with Crippen LogP contribution in [0.15, 0.2) is 12.1 Å². The van der Waals surface area contributed by atoms with Crippen molar-refractivity contribution >= 4 is 0 Å². The molecule has 0 aliphatic heterocycles. The van der Waals surface area contributed by atoms with Gasteiger partial charge in [-0.2, -0.15) is 5.10 Å². The van der Waals surface area contributed by atoms with E-state index in [4.69, 9.17) is 4.74 Å². The van der Waals surface area contributed by atoms with Crippen LogP contribution < -0.4 is 10.1 Å². The molecular weight excluding hydrogens is 262 g/mol. The zero-order chi connectivity index (χ0) is 15.2. The fraction of sp³-hybridized carbons (Fsp3) is 0.765. The SMILES string of the molecule is CC(C)CNCc1ccc(OC2CCC(C)C(C)C2)nn1. The van der Waals surface area contributed by atoms with Crippen LogP contribution >= 0.6 is 0 Å². The van der Waals surface area contributed by atoms with E-state index in [0.29, 0.717) is 17.9 Å². The van der Waals surface area contributed by atoms with Gasteiger partial charge in [-0.1, -0.05) is 27.7 Å². The van der Waals surface area contributed by atoms with E-state index in [1.54, 1.807) is 0 Å². The van der Waals surface area contributed by atoms with Gasteiger partial charge in [0.1, 0.15) is 6.10 Å². The van der Waals surface area contributed by atoms with E-state index in [1.807, 2.05) is 12.1 Å². The maximum absolute atomic E-state index is 5.98. The molecule has 0 radical (unpaired) electrons. The van der Waals surface area contributed by atoms with Gasteiger partial charge < -0.3 is 10.1 Å². The van der Waals surface area contributed by atoms with Gasteiger partial charge in [0.25, 0.3) is 0 Å². The highest BCUT2D eigenvalue weighted by Gasteiger charge is 2.25. The van der Waals surface area contributed by atoms with Crippen molar-refractivity contribution in [2.75, 3.05) is 6.54 Å². The fourth-order valence-corrected chi connectivity index (χ4v) is 2.77. The van der Waals surface area contributed by atoms with E-state index in [9.17, 15) is 0 Å². The average Bonchev–Trinajstić information content (AvgIpc) is 2.44. The van der Waals surface area contributed by atoms with Gasteiger partial charge in [-0.15, -0.1) is 5.10 Å². The molecule has 4 nitrogen and oxygen atoms in total. The first-order chi connectivity index (χ1) is 10.0. The van der Waals surface area contributed by atoms with Crippen LogP contribution in [0.2, 0.25) is 0 Å². The third kappa shape index (κ3) is 5.27. The first kappa shape index (κ1) is 16.2. The first-order valence-electron chi connectivity index (χ1n) is 8.24. The Labute approximate surface area is 128 Å². The van der Waals surface area contributed by atoms with Gasteiger partial charge in [0, 0.05) is 12.6 Å². The maximum atomic E-state index is 5.98. The lowest BCUT2D eigenvalue weighted by Gasteiger charge is -2.31. The Hall–Kier alpha value is -1.16. The van der Waals surface area contributed by atoms with E-state index in [0.717, 1.165) is 43.5 Å². The Morgan fingerprint density at radius 1 is 1.19 bits per heavy atom. The largest absolute Gasteiger partial charge is 0.473 e. The lowest BCUT2D eigenvalue weighted by molar-refractivity contribution is 0.0954. The second-order valence-electron chi connectivity index (χ2n) is 6.90. The summed E-state index contributed by atoms with van der Waals surface area (Å²) in [6.07, 6.45) is 3.80. The highest BCUT2D eigenvalue weighted by Crippen LogP contribution is 2.31. The molecule has 1 aromatic rings. The number of hydrogen-bond acceptors (Lipinski definition) is 4. The highest BCUT2D eigenvalue weighted by atomic mass is 16.5. The quantitative estimate of drug-likeness (QED) is 0.872. The predicted molar refractivity (Wildman–Crippen MR) is 85.2 cm³/mol. The molecule has 1 aliphatic carbocycles. The normalized spacial score (nSPS) is 26.0. The molecule has 1 aliphatic rings. The second kappa shape index (κ2) is 7.74. The van der Waals surface area contributed by atoms with Crippen molar-refractivity contribution in [3.8, 4) is 5.88 Å². The zero-order valence-corrected chi connectivity index (χ0v) is 13.8. The van der Waals surface area contributed by atoms with Crippen LogP contribution in [0.5, 0.6) is 5.88 Å². The molecule has 0 saturated heterocycles. The first-order valence-corrected chi connectivity index (χ1v) is 8.24. The number of rotatable bonds is 6. The van der Waals surface area contributed by atoms with Crippen LogP contribution in [0, 0.1) is 17.8 Å². The third-order valence-electron chi connectivity index (χ3n) is 4.39. The molecule has 0 aromatic carbocycles. The topological polar surface area (TPSA) is 47.0 Å². The molecule has 0 spiro atoms. The summed E-state index contributed by atoms with van der Waals surface area (Å²) in [6.45, 7) is 10.8. The van der Waals surface area contributed by atoms with E-state index in [1.165, 1.54) is 6.42 Å². The number of ether oxygens (including phenoxy) is 1. The molecule has 1 saturated carbocycles. The molecule has 118 valence electrons. The molecule has 1 aromatic heterocycles. The Kier molecular flexibility index (Phi) is 5.97. The van der Waals surface area contributed by atoms with Crippen LogP contribution in [-0.2, 0) is 6.54 Å². The highest BCUT2D eigenvalue weighted by molar-refractivity contribution is 5.12. The van der Waals surface area contributed by atoms with Crippen molar-refractivity contribution in [1.82, 2.24) is 15.5 Å². The Morgan fingerprint density at radius 3 is 2.62 bits per heavy atom. The van der Waals surface area contributed by atoms with Crippen LogP contribution in [0.1, 0.15) is 52.7 Å². The van der Waals surface area contributed by atoms with Crippen molar-refractivity contribution < 1.29 is 4.74 Å². The summed E-state index contributed by atoms with van der Waals surface area (Å²) in [7, 11) is 0. The standard InChI is InChI=1S/C17H29N3O/c1-12(2)10-18-11-15-6-8-17(20-19-15)21-16-7-5-13(3)14(4)9-16/h6,8,12-14,16,18H,5,7,9-11H2,1-4H3. The Bertz CT molecular complexity index is 419. The predicted octanol–water partition coefficient (Wildman–Crippen LogP) is 3.43. The summed E-state index contributed by atoms with van der Waals surface area (Å²) in [5.41, 5.74) is 0.966. The molecule has 4 heteroatoms. The van der Waals surface area contributed by atoms with Crippen molar-refractivity contribution in [3.05, 3.63) is 17.8 Å². The second-order valence-corrected chi connectivity index (χ2v) is 6.90. The molecule has 1 heterocycles. The minimum Gasteiger partial charge on any atom is -0.473 e. The lowest BCUT2D eigenvalue weighted by Crippen LogP contribution is -2.29. The van der Waals surface area contributed by atoms with Gasteiger partial charge in [0.05, 0.1) is 5.69 Å². The average molecular weight is 291 g/mol. The van der Waals surface area contributed by atoms with Gasteiger partial charge in [-0.3, -0.25) is 0 Å². The van der Waals surface area contributed by atoms with Gasteiger partial charge in [-0.25, -0.2) is 0 Å². The smallest absolute Gasteiger partial charge is 0.233 e. The van der Waals surface area contributed by atoms with E-state index in [-0.39, 0.29) is 0 Å². The monoisotopic (exact) mass is 291 g/mol. The van der Waals surface area contributed by atoms with E-state index >= 15 is 0 Å². The van der Waals surface area contributed by atoms with Crippen molar-refractivity contribution in [3.63, 3.8) is 0 Å². The van der Waals surface area contributed by atoms with Crippen LogP contribution in [0.25, 0.3) is 0 Å². The van der Waals surface area contributed by atoms with Gasteiger partial charge in [0.15, 0.2) is 0 Å². The summed E-state index contributed by atoms with van der Waals surface area (Å²) in [5, 5.41) is 11.8. The van der Waals surface area contributed by atoms with E-state index < -0.39 is 0 Å². The Morgan fingerprint density at radius 2 is 2.00 bits per heavy atom. The molecule has 21 heavy (non-hydrogen) atoms. The molecule has 0 bridgehead atoms. The minimum absolute atomic E-state index is 0.301. The fourth-order valence-electron chi connectivity index (χ4n) is 2.77. The molecule has 1 fully saturated rings. The summed E-state index contributed by atoms with van der Waals surface area (Å²) >= 11 is 0. The number of nitrogens with zero attached hydrogens (tertiary/aromatic N) is 2. The molecule has 3 atom stereocenters. The van der Waals surface area contributed by atoms with Crippen LogP contribution in [0.4, 0.5) is 0 Å². The molecule has 3 unspecified atom stereocenters. The minimum atomic E-state index is 0.301. The van der Waals surface area contributed by atoms with Crippen LogP contribution in [-0.4, -0.2) is 22.8 Å². The van der Waals surface area contributed by atoms with Crippen molar-refractivity contribution in [2.24, 2.45) is 17.8 Å².